The molecule has 1 aliphatic rings. The van der Waals surface area contributed by atoms with Gasteiger partial charge in [0.25, 0.3) is 5.91 Å². The first kappa shape index (κ1) is 13.7. The number of nitrogens with zero attached hydrogens (tertiary/aromatic N) is 1. The average Bonchev–Trinajstić information content (AvgIpc) is 2.45. The van der Waals surface area contributed by atoms with Gasteiger partial charge in [-0.2, -0.15) is 0 Å². The van der Waals surface area contributed by atoms with E-state index in [1.807, 2.05) is 30.1 Å². The van der Waals surface area contributed by atoms with Crippen molar-refractivity contribution in [3.05, 3.63) is 23.8 Å². The Balaban J connectivity index is 2.24. The molecule has 0 aromatic heterocycles. The molecule has 0 unspecified atom stereocenters. The summed E-state index contributed by atoms with van der Waals surface area (Å²) in [4.78, 5) is 14.3. The van der Waals surface area contributed by atoms with Crippen LogP contribution in [0.3, 0.4) is 0 Å². The van der Waals surface area contributed by atoms with Crippen LogP contribution in [-0.4, -0.2) is 36.5 Å². The van der Waals surface area contributed by atoms with Gasteiger partial charge in [-0.3, -0.25) is 4.79 Å². The second-order valence-electron chi connectivity index (χ2n) is 5.64. The molecule has 4 heteroatoms. The van der Waals surface area contributed by atoms with Crippen molar-refractivity contribution in [1.29, 1.82) is 0 Å². The molecule has 0 radical (unpaired) electrons. The number of fused-ring (bicyclic) bond motifs is 1. The number of carbonyl (C=O) groups is 1. The second kappa shape index (κ2) is 5.11. The molecular weight excluding hydrogens is 238 g/mol. The van der Waals surface area contributed by atoms with Gasteiger partial charge in [-0.05, 0) is 38.5 Å². The predicted octanol–water partition coefficient (Wildman–Crippen LogP) is 2.78. The number of benzene rings is 1. The molecule has 1 heterocycles. The summed E-state index contributed by atoms with van der Waals surface area (Å²) in [5, 5.41) is 6.63. The Morgan fingerprint density at radius 3 is 2.53 bits per heavy atom. The molecule has 2 N–H and O–H groups in total. The topological polar surface area (TPSA) is 44.4 Å². The maximum absolute atomic E-state index is 12.5. The molecule has 1 aromatic carbocycles. The minimum Gasteiger partial charge on any atom is -0.382 e. The van der Waals surface area contributed by atoms with E-state index in [4.69, 9.17) is 0 Å². The van der Waals surface area contributed by atoms with E-state index in [-0.39, 0.29) is 11.4 Å². The van der Waals surface area contributed by atoms with E-state index in [0.29, 0.717) is 0 Å². The molecule has 0 spiro atoms. The van der Waals surface area contributed by atoms with Crippen LogP contribution in [0.2, 0.25) is 0 Å². The summed E-state index contributed by atoms with van der Waals surface area (Å²) in [6.45, 7) is 8.08. The highest BCUT2D eigenvalue weighted by atomic mass is 16.2. The zero-order valence-corrected chi connectivity index (χ0v) is 12.2. The molecule has 0 aliphatic carbocycles. The van der Waals surface area contributed by atoms with Crippen LogP contribution in [0.25, 0.3) is 0 Å². The van der Waals surface area contributed by atoms with E-state index >= 15 is 0 Å². The van der Waals surface area contributed by atoms with Crippen LogP contribution in [0.1, 0.15) is 37.6 Å². The third kappa shape index (κ3) is 2.67. The molecule has 1 aromatic rings. The number of hydrogen-bond acceptors (Lipinski definition) is 3. The average molecular weight is 261 g/mol. The van der Waals surface area contributed by atoms with Crippen molar-refractivity contribution >= 4 is 17.3 Å². The Morgan fingerprint density at radius 1 is 1.26 bits per heavy atom. The molecule has 0 saturated carbocycles. The van der Waals surface area contributed by atoms with Gasteiger partial charge in [0.1, 0.15) is 0 Å². The largest absolute Gasteiger partial charge is 0.382 e. The monoisotopic (exact) mass is 261 g/mol. The quantitative estimate of drug-likeness (QED) is 0.879. The van der Waals surface area contributed by atoms with Crippen molar-refractivity contribution in [3.63, 3.8) is 0 Å². The van der Waals surface area contributed by atoms with Crippen LogP contribution >= 0.6 is 0 Å². The molecule has 104 valence electrons. The number of nitrogens with one attached hydrogen (secondary N) is 2. The Morgan fingerprint density at radius 2 is 1.89 bits per heavy atom. The Kier molecular flexibility index (Phi) is 3.69. The van der Waals surface area contributed by atoms with Crippen LogP contribution in [-0.2, 0) is 0 Å². The fourth-order valence-corrected chi connectivity index (χ4v) is 2.08. The molecule has 0 atom stereocenters. The van der Waals surface area contributed by atoms with Crippen molar-refractivity contribution in [2.45, 2.75) is 32.7 Å². The first-order valence-corrected chi connectivity index (χ1v) is 6.85. The van der Waals surface area contributed by atoms with Crippen molar-refractivity contribution in [2.75, 3.05) is 30.8 Å². The van der Waals surface area contributed by atoms with E-state index in [0.717, 1.165) is 36.4 Å². The number of rotatable bonds is 3. The highest BCUT2D eigenvalue weighted by molar-refractivity contribution is 5.96. The van der Waals surface area contributed by atoms with Crippen LogP contribution in [0.4, 0.5) is 11.4 Å². The minimum atomic E-state index is -0.126. The lowest BCUT2D eigenvalue weighted by Gasteiger charge is -2.35. The third-order valence-electron chi connectivity index (χ3n) is 4.10. The van der Waals surface area contributed by atoms with Crippen molar-refractivity contribution in [1.82, 2.24) is 4.90 Å². The number of anilines is 2. The molecule has 4 nitrogen and oxygen atoms in total. The summed E-state index contributed by atoms with van der Waals surface area (Å²) in [5.74, 6) is 0.0713. The molecular formula is C15H23N3O. The molecule has 19 heavy (non-hydrogen) atoms. The Bertz CT molecular complexity index is 482. The lowest BCUT2D eigenvalue weighted by Crippen LogP contribution is -2.44. The number of amides is 1. The summed E-state index contributed by atoms with van der Waals surface area (Å²) >= 11 is 0. The fourth-order valence-electron chi connectivity index (χ4n) is 2.08. The van der Waals surface area contributed by atoms with E-state index < -0.39 is 0 Å². The normalized spacial score (nSPS) is 14.1. The van der Waals surface area contributed by atoms with Crippen molar-refractivity contribution < 1.29 is 4.79 Å². The minimum absolute atomic E-state index is 0.0713. The molecule has 1 amide bonds. The van der Waals surface area contributed by atoms with Gasteiger partial charge in [-0.1, -0.05) is 6.92 Å². The standard InChI is InChI=1S/C15H23N3O/c1-5-15(2,3)18(4)14(19)11-6-7-12-13(10-11)17-9-8-16-12/h6-7,10,16-17H,5,8-9H2,1-4H3. The number of hydrogen-bond donors (Lipinski definition) is 2. The van der Waals surface area contributed by atoms with Gasteiger partial charge in [-0.25, -0.2) is 0 Å². The Hall–Kier alpha value is -1.71. The second-order valence-corrected chi connectivity index (χ2v) is 5.64. The highest BCUT2D eigenvalue weighted by Crippen LogP contribution is 2.27. The summed E-state index contributed by atoms with van der Waals surface area (Å²) in [5.41, 5.74) is 2.69. The SMILES string of the molecule is CCC(C)(C)N(C)C(=O)c1ccc2c(c1)NCCN2. The maximum atomic E-state index is 12.5. The lowest BCUT2D eigenvalue weighted by atomic mass is 9.98. The van der Waals surface area contributed by atoms with Gasteiger partial charge in [0.05, 0.1) is 11.4 Å². The van der Waals surface area contributed by atoms with E-state index in [1.165, 1.54) is 0 Å². The zero-order chi connectivity index (χ0) is 14.0. The lowest BCUT2D eigenvalue weighted by molar-refractivity contribution is 0.0620. The van der Waals surface area contributed by atoms with Gasteiger partial charge in [0.2, 0.25) is 0 Å². The van der Waals surface area contributed by atoms with Gasteiger partial charge in [0.15, 0.2) is 0 Å². The molecule has 1 aliphatic heterocycles. The highest BCUT2D eigenvalue weighted by Gasteiger charge is 2.26. The van der Waals surface area contributed by atoms with E-state index in [9.17, 15) is 4.79 Å². The molecule has 0 bridgehead atoms. The van der Waals surface area contributed by atoms with Crippen LogP contribution < -0.4 is 10.6 Å². The van der Waals surface area contributed by atoms with Crippen molar-refractivity contribution in [3.8, 4) is 0 Å². The van der Waals surface area contributed by atoms with E-state index in [2.05, 4.69) is 31.4 Å². The summed E-state index contributed by atoms with van der Waals surface area (Å²) in [7, 11) is 1.87. The van der Waals surface area contributed by atoms with Crippen LogP contribution in [0.15, 0.2) is 18.2 Å². The van der Waals surface area contributed by atoms with E-state index in [1.54, 1.807) is 0 Å². The summed E-state index contributed by atoms with van der Waals surface area (Å²) < 4.78 is 0. The zero-order valence-electron chi connectivity index (χ0n) is 12.2. The summed E-state index contributed by atoms with van der Waals surface area (Å²) in [6.07, 6.45) is 0.931. The first-order valence-electron chi connectivity index (χ1n) is 6.85. The fraction of sp³-hybridized carbons (Fsp3) is 0.533. The third-order valence-corrected chi connectivity index (χ3v) is 4.10. The predicted molar refractivity (Wildman–Crippen MR) is 79.9 cm³/mol. The number of carbonyl (C=O) groups excluding carboxylic acids is 1. The van der Waals surface area contributed by atoms with Gasteiger partial charge in [0, 0.05) is 31.2 Å². The van der Waals surface area contributed by atoms with Crippen LogP contribution in [0.5, 0.6) is 0 Å². The first-order chi connectivity index (χ1) is 8.95. The molecule has 2 rings (SSSR count). The smallest absolute Gasteiger partial charge is 0.254 e. The molecule has 0 fully saturated rings. The van der Waals surface area contributed by atoms with Gasteiger partial charge < -0.3 is 15.5 Å². The van der Waals surface area contributed by atoms with Crippen LogP contribution in [0, 0.1) is 0 Å². The van der Waals surface area contributed by atoms with Gasteiger partial charge in [-0.15, -0.1) is 0 Å². The molecule has 0 saturated heterocycles. The Labute approximate surface area is 115 Å². The van der Waals surface area contributed by atoms with Gasteiger partial charge >= 0.3 is 0 Å². The van der Waals surface area contributed by atoms with Crippen molar-refractivity contribution in [2.24, 2.45) is 0 Å². The maximum Gasteiger partial charge on any atom is 0.254 e. The summed E-state index contributed by atoms with van der Waals surface area (Å²) in [6, 6.07) is 5.80.